The van der Waals surface area contributed by atoms with Crippen molar-refractivity contribution in [1.82, 2.24) is 4.98 Å². The summed E-state index contributed by atoms with van der Waals surface area (Å²) in [5.74, 6) is -3.02. The number of aryl methyl sites for hydroxylation is 1. The third-order valence-corrected chi connectivity index (χ3v) is 3.34. The molecule has 0 atom stereocenters. The highest BCUT2D eigenvalue weighted by atomic mass is 32.1. The minimum absolute atomic E-state index is 0.0932. The van der Waals surface area contributed by atoms with Crippen LogP contribution in [0.2, 0.25) is 0 Å². The molecular weight excluding hydrogens is 249 g/mol. The molecule has 0 bridgehead atoms. The van der Waals surface area contributed by atoms with Crippen molar-refractivity contribution in [3.8, 4) is 0 Å². The van der Waals surface area contributed by atoms with E-state index in [9.17, 15) is 13.2 Å². The van der Waals surface area contributed by atoms with Gasteiger partial charge < -0.3 is 5.73 Å². The van der Waals surface area contributed by atoms with E-state index in [1.807, 2.05) is 0 Å². The number of anilines is 1. The summed E-state index contributed by atoms with van der Waals surface area (Å²) in [6.07, 6.45) is 0.156. The Morgan fingerprint density at radius 1 is 1.18 bits per heavy atom. The topological polar surface area (TPSA) is 38.9 Å². The van der Waals surface area contributed by atoms with Crippen LogP contribution in [-0.4, -0.2) is 4.98 Å². The largest absolute Gasteiger partial charge is 0.375 e. The van der Waals surface area contributed by atoms with Crippen LogP contribution in [0.4, 0.5) is 18.3 Å². The van der Waals surface area contributed by atoms with Crippen molar-refractivity contribution in [3.05, 3.63) is 45.7 Å². The number of hydrogen-bond donors (Lipinski definition) is 1. The van der Waals surface area contributed by atoms with Gasteiger partial charge in [0.15, 0.2) is 16.8 Å². The van der Waals surface area contributed by atoms with Crippen LogP contribution in [0.3, 0.4) is 0 Å². The molecule has 0 saturated heterocycles. The van der Waals surface area contributed by atoms with Crippen LogP contribution in [0.25, 0.3) is 0 Å². The lowest BCUT2D eigenvalue weighted by Crippen LogP contribution is -1.96. The van der Waals surface area contributed by atoms with Crippen LogP contribution in [0.1, 0.15) is 16.1 Å². The highest BCUT2D eigenvalue weighted by Crippen LogP contribution is 2.24. The minimum atomic E-state index is -1.19. The zero-order valence-corrected chi connectivity index (χ0v) is 9.75. The summed E-state index contributed by atoms with van der Waals surface area (Å²) in [7, 11) is 0. The zero-order valence-electron chi connectivity index (χ0n) is 8.93. The van der Waals surface area contributed by atoms with Gasteiger partial charge in [-0.3, -0.25) is 0 Å². The molecule has 6 heteroatoms. The summed E-state index contributed by atoms with van der Waals surface area (Å²) < 4.78 is 39.1. The summed E-state index contributed by atoms with van der Waals surface area (Å²) in [6.45, 7) is 1.74. The van der Waals surface area contributed by atoms with E-state index in [4.69, 9.17) is 5.73 Å². The average molecular weight is 258 g/mol. The van der Waals surface area contributed by atoms with Gasteiger partial charge in [-0.25, -0.2) is 18.2 Å². The molecule has 0 spiro atoms. The van der Waals surface area contributed by atoms with E-state index in [2.05, 4.69) is 4.98 Å². The van der Waals surface area contributed by atoms with Crippen LogP contribution < -0.4 is 5.73 Å². The number of nitrogens with zero attached hydrogens (tertiary/aromatic N) is 1. The van der Waals surface area contributed by atoms with E-state index in [0.29, 0.717) is 16.9 Å². The van der Waals surface area contributed by atoms with E-state index < -0.39 is 17.5 Å². The van der Waals surface area contributed by atoms with Crippen molar-refractivity contribution in [2.75, 3.05) is 5.73 Å². The molecule has 0 saturated carbocycles. The maximum atomic E-state index is 13.4. The Morgan fingerprint density at radius 2 is 1.82 bits per heavy atom. The SMILES string of the molecule is Cc1nc(N)sc1Cc1cc(F)c(F)cc1F. The van der Waals surface area contributed by atoms with E-state index in [1.54, 1.807) is 6.92 Å². The molecule has 2 N–H and O–H groups in total. The van der Waals surface area contributed by atoms with Gasteiger partial charge in [-0.05, 0) is 18.6 Å². The predicted molar refractivity (Wildman–Crippen MR) is 60.4 cm³/mol. The summed E-state index contributed by atoms with van der Waals surface area (Å²) in [6, 6.07) is 1.41. The molecule has 0 aliphatic rings. The van der Waals surface area contributed by atoms with Crippen molar-refractivity contribution in [1.29, 1.82) is 0 Å². The maximum absolute atomic E-state index is 13.4. The van der Waals surface area contributed by atoms with Gasteiger partial charge in [0.2, 0.25) is 0 Å². The molecule has 1 aromatic carbocycles. The van der Waals surface area contributed by atoms with Crippen LogP contribution >= 0.6 is 11.3 Å². The Hall–Kier alpha value is -1.56. The Balaban J connectivity index is 2.36. The van der Waals surface area contributed by atoms with Crippen molar-refractivity contribution < 1.29 is 13.2 Å². The fourth-order valence-corrected chi connectivity index (χ4v) is 2.34. The number of benzene rings is 1. The fourth-order valence-electron chi connectivity index (χ4n) is 1.49. The summed E-state index contributed by atoms with van der Waals surface area (Å²) in [4.78, 5) is 4.73. The second kappa shape index (κ2) is 4.37. The molecule has 2 rings (SSSR count). The molecule has 0 amide bonds. The molecule has 0 radical (unpaired) electrons. The number of aromatic nitrogens is 1. The molecule has 90 valence electrons. The molecule has 17 heavy (non-hydrogen) atoms. The molecule has 1 heterocycles. The average Bonchev–Trinajstić information content (AvgIpc) is 2.54. The van der Waals surface area contributed by atoms with E-state index in [0.717, 1.165) is 10.9 Å². The molecule has 0 aliphatic carbocycles. The van der Waals surface area contributed by atoms with E-state index >= 15 is 0 Å². The summed E-state index contributed by atoms with van der Waals surface area (Å²) in [5, 5.41) is 0.375. The summed E-state index contributed by atoms with van der Waals surface area (Å²) in [5.41, 5.74) is 6.28. The number of nitrogen functional groups attached to an aromatic ring is 1. The Morgan fingerprint density at radius 3 is 2.41 bits per heavy atom. The zero-order chi connectivity index (χ0) is 12.6. The van der Waals surface area contributed by atoms with Crippen molar-refractivity contribution in [2.45, 2.75) is 13.3 Å². The van der Waals surface area contributed by atoms with Gasteiger partial charge in [0, 0.05) is 17.4 Å². The molecular formula is C11H9F3N2S. The van der Waals surface area contributed by atoms with Gasteiger partial charge in [0.1, 0.15) is 5.82 Å². The second-order valence-corrected chi connectivity index (χ2v) is 4.71. The van der Waals surface area contributed by atoms with Crippen LogP contribution in [0.5, 0.6) is 0 Å². The highest BCUT2D eigenvalue weighted by Gasteiger charge is 2.13. The number of thiazole rings is 1. The number of hydrogen-bond acceptors (Lipinski definition) is 3. The predicted octanol–water partition coefficient (Wildman–Crippen LogP) is 3.04. The van der Waals surface area contributed by atoms with E-state index in [-0.39, 0.29) is 12.0 Å². The van der Waals surface area contributed by atoms with Crippen LogP contribution in [0, 0.1) is 24.4 Å². The van der Waals surface area contributed by atoms with E-state index in [1.165, 1.54) is 11.3 Å². The lowest BCUT2D eigenvalue weighted by molar-refractivity contribution is 0.491. The Kier molecular flexibility index (Phi) is 3.06. The third-order valence-electron chi connectivity index (χ3n) is 2.35. The lowest BCUT2D eigenvalue weighted by Gasteiger charge is -2.03. The Bertz CT molecular complexity index is 566. The monoisotopic (exact) mass is 258 g/mol. The van der Waals surface area contributed by atoms with Gasteiger partial charge in [-0.15, -0.1) is 11.3 Å². The van der Waals surface area contributed by atoms with Crippen molar-refractivity contribution in [3.63, 3.8) is 0 Å². The van der Waals surface area contributed by atoms with Crippen LogP contribution in [0.15, 0.2) is 12.1 Å². The molecule has 1 aromatic heterocycles. The first kappa shape index (κ1) is 11.9. The van der Waals surface area contributed by atoms with Gasteiger partial charge in [-0.1, -0.05) is 0 Å². The van der Waals surface area contributed by atoms with Crippen molar-refractivity contribution in [2.24, 2.45) is 0 Å². The first-order valence-electron chi connectivity index (χ1n) is 4.82. The van der Waals surface area contributed by atoms with Gasteiger partial charge >= 0.3 is 0 Å². The molecule has 2 nitrogen and oxygen atoms in total. The van der Waals surface area contributed by atoms with Gasteiger partial charge in [0.05, 0.1) is 5.69 Å². The molecule has 0 fully saturated rings. The normalized spacial score (nSPS) is 10.8. The number of rotatable bonds is 2. The first-order valence-corrected chi connectivity index (χ1v) is 5.64. The second-order valence-electron chi connectivity index (χ2n) is 3.60. The minimum Gasteiger partial charge on any atom is -0.375 e. The fraction of sp³-hybridized carbons (Fsp3) is 0.182. The van der Waals surface area contributed by atoms with Crippen LogP contribution in [-0.2, 0) is 6.42 Å². The standard InChI is InChI=1S/C11H9F3N2S/c1-5-10(17-11(15)16-5)3-6-2-8(13)9(14)4-7(6)12/h2,4H,3H2,1H3,(H2,15,16). The Labute approximate surface area is 99.9 Å². The van der Waals surface area contributed by atoms with Crippen molar-refractivity contribution >= 4 is 16.5 Å². The molecule has 0 aliphatic heterocycles. The first-order chi connectivity index (χ1) is 7.97. The van der Waals surface area contributed by atoms with Gasteiger partial charge in [0.25, 0.3) is 0 Å². The number of halogens is 3. The third kappa shape index (κ3) is 2.41. The highest BCUT2D eigenvalue weighted by molar-refractivity contribution is 7.15. The maximum Gasteiger partial charge on any atom is 0.180 e. The quantitative estimate of drug-likeness (QED) is 0.841. The lowest BCUT2D eigenvalue weighted by atomic mass is 10.1. The molecule has 0 unspecified atom stereocenters. The van der Waals surface area contributed by atoms with Gasteiger partial charge in [-0.2, -0.15) is 0 Å². The molecule has 2 aromatic rings. The number of nitrogens with two attached hydrogens (primary N) is 1. The summed E-state index contributed by atoms with van der Waals surface area (Å²) >= 11 is 1.21. The smallest absolute Gasteiger partial charge is 0.180 e.